The number of nitrogens with two attached hydrogens (primary N) is 1. The summed E-state index contributed by atoms with van der Waals surface area (Å²) in [6.07, 6.45) is 2.75. The van der Waals surface area contributed by atoms with Crippen LogP contribution in [-0.4, -0.2) is 11.6 Å². The van der Waals surface area contributed by atoms with Crippen LogP contribution in [0, 0.1) is 0 Å². The van der Waals surface area contributed by atoms with Gasteiger partial charge in [-0.15, -0.1) is 0 Å². The number of hydrogen-bond donors (Lipinski definition) is 2. The van der Waals surface area contributed by atoms with E-state index in [0.717, 1.165) is 34.5 Å². The molecule has 20 heavy (non-hydrogen) atoms. The Balaban J connectivity index is 2.22. The second-order valence-corrected chi connectivity index (χ2v) is 5.24. The third-order valence-corrected chi connectivity index (χ3v) is 3.58. The number of halogens is 1. The van der Waals surface area contributed by atoms with Crippen LogP contribution >= 0.6 is 15.9 Å². The number of aromatic nitrogens is 1. The summed E-state index contributed by atoms with van der Waals surface area (Å²) in [5.74, 6) is 6.55. The molecule has 0 aliphatic carbocycles. The van der Waals surface area contributed by atoms with Crippen molar-refractivity contribution in [3.05, 3.63) is 58.3 Å². The lowest BCUT2D eigenvalue weighted by Gasteiger charge is -2.17. The smallest absolute Gasteiger partial charge is 0.119 e. The van der Waals surface area contributed by atoms with Crippen molar-refractivity contribution in [3.8, 4) is 5.75 Å². The van der Waals surface area contributed by atoms with Gasteiger partial charge < -0.3 is 4.74 Å². The molecule has 0 aliphatic heterocycles. The summed E-state index contributed by atoms with van der Waals surface area (Å²) in [7, 11) is 0. The first-order chi connectivity index (χ1) is 9.76. The van der Waals surface area contributed by atoms with Gasteiger partial charge >= 0.3 is 0 Å². The Morgan fingerprint density at radius 3 is 2.65 bits per heavy atom. The van der Waals surface area contributed by atoms with Gasteiger partial charge in [-0.25, -0.2) is 5.43 Å². The van der Waals surface area contributed by atoms with Gasteiger partial charge in [-0.05, 0) is 52.2 Å². The lowest BCUT2D eigenvalue weighted by molar-refractivity contribution is 0.317. The van der Waals surface area contributed by atoms with Crippen molar-refractivity contribution in [1.29, 1.82) is 0 Å². The molecule has 2 aromatic rings. The first kappa shape index (κ1) is 15.0. The lowest BCUT2D eigenvalue weighted by atomic mass is 10.0. The van der Waals surface area contributed by atoms with E-state index in [1.165, 1.54) is 0 Å². The zero-order valence-electron chi connectivity index (χ0n) is 11.3. The molecule has 0 amide bonds. The monoisotopic (exact) mass is 335 g/mol. The van der Waals surface area contributed by atoms with Gasteiger partial charge in [0.15, 0.2) is 0 Å². The molecule has 0 saturated heterocycles. The highest BCUT2D eigenvalue weighted by atomic mass is 79.9. The number of nitrogens with one attached hydrogen (secondary N) is 1. The molecule has 0 bridgehead atoms. The van der Waals surface area contributed by atoms with Crippen LogP contribution in [0.3, 0.4) is 0 Å². The molecule has 1 unspecified atom stereocenters. The van der Waals surface area contributed by atoms with E-state index in [1.54, 1.807) is 6.20 Å². The van der Waals surface area contributed by atoms with Gasteiger partial charge in [0.2, 0.25) is 0 Å². The van der Waals surface area contributed by atoms with Gasteiger partial charge in [0, 0.05) is 10.7 Å². The highest BCUT2D eigenvalue weighted by Gasteiger charge is 2.16. The molecule has 5 heteroatoms. The molecule has 0 radical (unpaired) electrons. The number of pyridine rings is 1. The molecule has 4 nitrogen and oxygen atoms in total. The zero-order valence-corrected chi connectivity index (χ0v) is 12.9. The average Bonchev–Trinajstić information content (AvgIpc) is 2.49. The SMILES string of the molecule is CCCOc1ccc(C(NN)c2ncccc2Br)cc1. The fourth-order valence-electron chi connectivity index (χ4n) is 1.92. The van der Waals surface area contributed by atoms with Crippen molar-refractivity contribution in [2.75, 3.05) is 6.61 Å². The summed E-state index contributed by atoms with van der Waals surface area (Å²) in [6, 6.07) is 11.6. The number of rotatable bonds is 6. The van der Waals surface area contributed by atoms with Crippen LogP contribution in [0.2, 0.25) is 0 Å². The van der Waals surface area contributed by atoms with E-state index in [2.05, 4.69) is 33.3 Å². The van der Waals surface area contributed by atoms with Crippen molar-refractivity contribution >= 4 is 15.9 Å². The minimum Gasteiger partial charge on any atom is -0.494 e. The van der Waals surface area contributed by atoms with Gasteiger partial charge in [0.05, 0.1) is 18.3 Å². The molecular formula is C15H18BrN3O. The number of hydrogen-bond acceptors (Lipinski definition) is 4. The zero-order chi connectivity index (χ0) is 14.4. The summed E-state index contributed by atoms with van der Waals surface area (Å²) in [5, 5.41) is 0. The molecule has 1 aromatic heterocycles. The van der Waals surface area contributed by atoms with E-state index < -0.39 is 0 Å². The van der Waals surface area contributed by atoms with E-state index in [1.807, 2.05) is 36.4 Å². The number of nitrogens with zero attached hydrogens (tertiary/aromatic N) is 1. The number of benzene rings is 1. The molecule has 3 N–H and O–H groups in total. The molecule has 1 heterocycles. The Kier molecular flexibility index (Phi) is 5.52. The summed E-state index contributed by atoms with van der Waals surface area (Å²) in [5.41, 5.74) is 4.70. The molecule has 0 aliphatic rings. The molecule has 2 rings (SSSR count). The Bertz CT molecular complexity index is 545. The summed E-state index contributed by atoms with van der Waals surface area (Å²) in [6.45, 7) is 2.81. The van der Waals surface area contributed by atoms with Crippen molar-refractivity contribution in [2.45, 2.75) is 19.4 Å². The third-order valence-electron chi connectivity index (χ3n) is 2.91. The predicted molar refractivity (Wildman–Crippen MR) is 83.3 cm³/mol. The standard InChI is InChI=1S/C15H18BrN3O/c1-2-10-20-12-7-5-11(6-8-12)14(19-17)15-13(16)4-3-9-18-15/h3-9,14,19H,2,10,17H2,1H3. The maximum absolute atomic E-state index is 5.68. The van der Waals surface area contributed by atoms with Crippen molar-refractivity contribution < 1.29 is 4.74 Å². The van der Waals surface area contributed by atoms with Crippen LogP contribution in [0.1, 0.15) is 30.6 Å². The Labute approximate surface area is 127 Å². The molecular weight excluding hydrogens is 318 g/mol. The largest absolute Gasteiger partial charge is 0.494 e. The van der Waals surface area contributed by atoms with Crippen LogP contribution in [0.5, 0.6) is 5.75 Å². The van der Waals surface area contributed by atoms with Crippen LogP contribution in [0.25, 0.3) is 0 Å². The Morgan fingerprint density at radius 2 is 2.05 bits per heavy atom. The molecule has 1 atom stereocenters. The summed E-state index contributed by atoms with van der Waals surface area (Å²) >= 11 is 3.50. The third kappa shape index (κ3) is 3.56. The minimum atomic E-state index is -0.161. The maximum atomic E-state index is 5.68. The van der Waals surface area contributed by atoms with Gasteiger partial charge in [0.25, 0.3) is 0 Å². The van der Waals surface area contributed by atoms with Crippen LogP contribution in [0.15, 0.2) is 47.1 Å². The van der Waals surface area contributed by atoms with Crippen LogP contribution in [0.4, 0.5) is 0 Å². The van der Waals surface area contributed by atoms with E-state index in [4.69, 9.17) is 10.6 Å². The Hall–Kier alpha value is -1.43. The van der Waals surface area contributed by atoms with Crippen LogP contribution < -0.4 is 16.0 Å². The summed E-state index contributed by atoms with van der Waals surface area (Å²) < 4.78 is 6.50. The highest BCUT2D eigenvalue weighted by Crippen LogP contribution is 2.27. The predicted octanol–water partition coefficient (Wildman–Crippen LogP) is 3.19. The fourth-order valence-corrected chi connectivity index (χ4v) is 2.40. The second-order valence-electron chi connectivity index (χ2n) is 4.39. The lowest BCUT2D eigenvalue weighted by Crippen LogP contribution is -2.29. The first-order valence-electron chi connectivity index (χ1n) is 6.55. The molecule has 106 valence electrons. The summed E-state index contributed by atoms with van der Waals surface area (Å²) in [4.78, 5) is 4.38. The van der Waals surface area contributed by atoms with Gasteiger partial charge in [-0.1, -0.05) is 19.1 Å². The molecule has 1 aromatic carbocycles. The average molecular weight is 336 g/mol. The molecule has 0 saturated carbocycles. The van der Waals surface area contributed by atoms with Crippen molar-refractivity contribution in [3.63, 3.8) is 0 Å². The van der Waals surface area contributed by atoms with E-state index in [9.17, 15) is 0 Å². The maximum Gasteiger partial charge on any atom is 0.119 e. The van der Waals surface area contributed by atoms with Crippen LogP contribution in [-0.2, 0) is 0 Å². The second kappa shape index (κ2) is 7.38. The van der Waals surface area contributed by atoms with Gasteiger partial charge in [0.1, 0.15) is 5.75 Å². The highest BCUT2D eigenvalue weighted by molar-refractivity contribution is 9.10. The minimum absolute atomic E-state index is 0.161. The van der Waals surface area contributed by atoms with Gasteiger partial charge in [-0.2, -0.15) is 0 Å². The number of ether oxygens (including phenoxy) is 1. The molecule has 0 spiro atoms. The quantitative estimate of drug-likeness (QED) is 0.628. The van der Waals surface area contributed by atoms with Crippen molar-refractivity contribution in [2.24, 2.45) is 5.84 Å². The van der Waals surface area contributed by atoms with E-state index >= 15 is 0 Å². The normalized spacial score (nSPS) is 12.2. The fraction of sp³-hybridized carbons (Fsp3) is 0.267. The van der Waals surface area contributed by atoms with E-state index in [0.29, 0.717) is 0 Å². The van der Waals surface area contributed by atoms with E-state index in [-0.39, 0.29) is 6.04 Å². The number of hydrazine groups is 1. The first-order valence-corrected chi connectivity index (χ1v) is 7.35. The topological polar surface area (TPSA) is 60.2 Å². The van der Waals surface area contributed by atoms with Gasteiger partial charge in [-0.3, -0.25) is 10.8 Å². The van der Waals surface area contributed by atoms with Crippen molar-refractivity contribution in [1.82, 2.24) is 10.4 Å². The molecule has 0 fully saturated rings. The Morgan fingerprint density at radius 1 is 1.30 bits per heavy atom.